The second-order valence-electron chi connectivity index (χ2n) is 3.78. The molecule has 5 nitrogen and oxygen atoms in total. The number of aryl methyl sites for hydroxylation is 1. The third kappa shape index (κ3) is 2.69. The maximum absolute atomic E-state index is 11.1. The van der Waals surface area contributed by atoms with Crippen molar-refractivity contribution in [1.82, 2.24) is 10.4 Å². The number of aromatic nitrogens is 1. The molecule has 1 aromatic heterocycles. The lowest BCUT2D eigenvalue weighted by Gasteiger charge is -2.09. The highest BCUT2D eigenvalue weighted by Gasteiger charge is 2.07. The van der Waals surface area contributed by atoms with Gasteiger partial charge in [-0.3, -0.25) is 15.2 Å². The summed E-state index contributed by atoms with van der Waals surface area (Å²) in [4.78, 5) is 15.4. The number of carbonyl (C=O) groups is 1. The number of amides is 1. The lowest BCUT2D eigenvalue weighted by Crippen LogP contribution is -2.34. The van der Waals surface area contributed by atoms with Crippen LogP contribution in [0.3, 0.4) is 0 Å². The van der Waals surface area contributed by atoms with Crippen molar-refractivity contribution >= 4 is 28.4 Å². The van der Waals surface area contributed by atoms with Gasteiger partial charge >= 0.3 is 0 Å². The first-order chi connectivity index (χ1) is 8.60. The number of hydrazine groups is 1. The van der Waals surface area contributed by atoms with Crippen molar-refractivity contribution in [1.29, 1.82) is 0 Å². The van der Waals surface area contributed by atoms with E-state index in [1.54, 1.807) is 24.3 Å². The van der Waals surface area contributed by atoms with E-state index in [0.29, 0.717) is 10.8 Å². The average molecular weight is 266 g/mol. The summed E-state index contributed by atoms with van der Waals surface area (Å²) in [5.41, 5.74) is 3.52. The SMILES string of the molecule is Cc1cc(OCC(=O)NN)c2ccc(Cl)cc2n1. The fourth-order valence-electron chi connectivity index (χ4n) is 1.60. The molecule has 0 unspecified atom stereocenters. The number of nitrogens with zero attached hydrogens (tertiary/aromatic N) is 1. The number of nitrogens with one attached hydrogen (secondary N) is 1. The number of nitrogens with two attached hydrogens (primary N) is 1. The Labute approximate surface area is 109 Å². The molecule has 0 aliphatic heterocycles. The van der Waals surface area contributed by atoms with Crippen LogP contribution in [0.2, 0.25) is 5.02 Å². The molecule has 0 saturated carbocycles. The smallest absolute Gasteiger partial charge is 0.271 e. The van der Waals surface area contributed by atoms with Crippen LogP contribution in [0.4, 0.5) is 0 Å². The quantitative estimate of drug-likeness (QED) is 0.502. The first-order valence-electron chi connectivity index (χ1n) is 5.29. The summed E-state index contributed by atoms with van der Waals surface area (Å²) in [5, 5.41) is 1.40. The summed E-state index contributed by atoms with van der Waals surface area (Å²) in [5.74, 6) is 5.17. The molecule has 1 aromatic carbocycles. The molecule has 2 rings (SSSR count). The molecule has 0 aliphatic carbocycles. The van der Waals surface area contributed by atoms with Gasteiger partial charge in [-0.2, -0.15) is 0 Å². The number of pyridine rings is 1. The van der Waals surface area contributed by atoms with Crippen LogP contribution in [0.1, 0.15) is 5.69 Å². The molecule has 3 N–H and O–H groups in total. The first-order valence-corrected chi connectivity index (χ1v) is 5.67. The second kappa shape index (κ2) is 5.20. The van der Waals surface area contributed by atoms with Gasteiger partial charge in [0.25, 0.3) is 5.91 Å². The minimum absolute atomic E-state index is 0.141. The average Bonchev–Trinajstić information content (AvgIpc) is 2.34. The molecule has 0 aliphatic rings. The Morgan fingerprint density at radius 2 is 2.28 bits per heavy atom. The highest BCUT2D eigenvalue weighted by Crippen LogP contribution is 2.27. The minimum Gasteiger partial charge on any atom is -0.483 e. The van der Waals surface area contributed by atoms with Gasteiger partial charge in [0, 0.05) is 22.2 Å². The van der Waals surface area contributed by atoms with E-state index in [2.05, 4.69) is 4.98 Å². The van der Waals surface area contributed by atoms with Gasteiger partial charge in [-0.05, 0) is 25.1 Å². The fourth-order valence-corrected chi connectivity index (χ4v) is 1.77. The summed E-state index contributed by atoms with van der Waals surface area (Å²) >= 11 is 5.91. The van der Waals surface area contributed by atoms with Gasteiger partial charge in [0.1, 0.15) is 5.75 Å². The van der Waals surface area contributed by atoms with E-state index in [9.17, 15) is 4.79 Å². The molecule has 0 atom stereocenters. The van der Waals surface area contributed by atoms with Crippen molar-refractivity contribution in [2.24, 2.45) is 5.84 Å². The molecule has 0 saturated heterocycles. The van der Waals surface area contributed by atoms with Crippen LogP contribution in [0.5, 0.6) is 5.75 Å². The lowest BCUT2D eigenvalue weighted by molar-refractivity contribution is -0.123. The largest absolute Gasteiger partial charge is 0.483 e. The molecule has 0 fully saturated rings. The molecule has 0 radical (unpaired) electrons. The molecule has 2 aromatic rings. The van der Waals surface area contributed by atoms with Crippen LogP contribution >= 0.6 is 11.6 Å². The van der Waals surface area contributed by atoms with Crippen LogP contribution < -0.4 is 16.0 Å². The maximum Gasteiger partial charge on any atom is 0.271 e. The van der Waals surface area contributed by atoms with E-state index in [1.807, 2.05) is 12.3 Å². The van der Waals surface area contributed by atoms with Crippen molar-refractivity contribution in [2.45, 2.75) is 6.92 Å². The molecule has 1 amide bonds. The standard InChI is InChI=1S/C12H12ClN3O2/c1-7-4-11(18-6-12(17)16-14)9-3-2-8(13)5-10(9)15-7/h2-5H,6,14H2,1H3,(H,16,17). The fraction of sp³-hybridized carbons (Fsp3) is 0.167. The van der Waals surface area contributed by atoms with Crippen molar-refractivity contribution in [3.05, 3.63) is 35.0 Å². The van der Waals surface area contributed by atoms with Gasteiger partial charge in [0.05, 0.1) is 5.52 Å². The summed E-state index contributed by atoms with van der Waals surface area (Å²) in [7, 11) is 0. The van der Waals surface area contributed by atoms with Gasteiger partial charge in [0.2, 0.25) is 0 Å². The van der Waals surface area contributed by atoms with Crippen molar-refractivity contribution in [3.8, 4) is 5.75 Å². The predicted octanol–water partition coefficient (Wildman–Crippen LogP) is 1.57. The number of halogens is 1. The van der Waals surface area contributed by atoms with Crippen LogP contribution in [0.25, 0.3) is 10.9 Å². The number of benzene rings is 1. The number of hydrogen-bond acceptors (Lipinski definition) is 4. The van der Waals surface area contributed by atoms with Gasteiger partial charge in [-0.25, -0.2) is 5.84 Å². The topological polar surface area (TPSA) is 77.2 Å². The van der Waals surface area contributed by atoms with Crippen molar-refractivity contribution < 1.29 is 9.53 Å². The zero-order valence-corrected chi connectivity index (χ0v) is 10.5. The van der Waals surface area contributed by atoms with E-state index in [1.165, 1.54) is 0 Å². The Hall–Kier alpha value is -1.85. The number of ether oxygens (including phenoxy) is 1. The molecular formula is C12H12ClN3O2. The zero-order valence-electron chi connectivity index (χ0n) is 9.74. The summed E-state index contributed by atoms with van der Waals surface area (Å²) in [6, 6.07) is 7.07. The summed E-state index contributed by atoms with van der Waals surface area (Å²) in [6.45, 7) is 1.70. The van der Waals surface area contributed by atoms with Gasteiger partial charge in [0.15, 0.2) is 6.61 Å². The van der Waals surface area contributed by atoms with Gasteiger partial charge in [-0.15, -0.1) is 0 Å². The van der Waals surface area contributed by atoms with E-state index >= 15 is 0 Å². The number of rotatable bonds is 3. The predicted molar refractivity (Wildman–Crippen MR) is 69.3 cm³/mol. The van der Waals surface area contributed by atoms with Crippen LogP contribution in [0.15, 0.2) is 24.3 Å². The van der Waals surface area contributed by atoms with Crippen molar-refractivity contribution in [2.75, 3.05) is 6.61 Å². The van der Waals surface area contributed by atoms with Gasteiger partial charge in [-0.1, -0.05) is 11.6 Å². The highest BCUT2D eigenvalue weighted by molar-refractivity contribution is 6.31. The Kier molecular flexibility index (Phi) is 3.64. The summed E-state index contributed by atoms with van der Waals surface area (Å²) < 4.78 is 5.42. The Morgan fingerprint density at radius 1 is 1.50 bits per heavy atom. The number of hydrogen-bond donors (Lipinski definition) is 2. The van der Waals surface area contributed by atoms with E-state index in [4.69, 9.17) is 22.2 Å². The minimum atomic E-state index is -0.397. The molecular weight excluding hydrogens is 254 g/mol. The third-order valence-electron chi connectivity index (χ3n) is 2.38. The monoisotopic (exact) mass is 265 g/mol. The Morgan fingerprint density at radius 3 is 3.00 bits per heavy atom. The van der Waals surface area contributed by atoms with E-state index in [-0.39, 0.29) is 6.61 Å². The Balaban J connectivity index is 2.39. The second-order valence-corrected chi connectivity index (χ2v) is 4.22. The summed E-state index contributed by atoms with van der Waals surface area (Å²) in [6.07, 6.45) is 0. The van der Waals surface area contributed by atoms with E-state index in [0.717, 1.165) is 16.6 Å². The maximum atomic E-state index is 11.1. The highest BCUT2D eigenvalue weighted by atomic mass is 35.5. The molecule has 18 heavy (non-hydrogen) atoms. The number of fused-ring (bicyclic) bond motifs is 1. The van der Waals surface area contributed by atoms with Crippen molar-refractivity contribution in [3.63, 3.8) is 0 Å². The van der Waals surface area contributed by atoms with Crippen LogP contribution in [0, 0.1) is 6.92 Å². The Bertz CT molecular complexity index is 596. The molecule has 6 heteroatoms. The zero-order chi connectivity index (χ0) is 13.1. The van der Waals surface area contributed by atoms with Gasteiger partial charge < -0.3 is 4.74 Å². The number of carbonyl (C=O) groups excluding carboxylic acids is 1. The molecule has 0 bridgehead atoms. The molecule has 1 heterocycles. The van der Waals surface area contributed by atoms with Crippen LogP contribution in [-0.2, 0) is 4.79 Å². The molecule has 94 valence electrons. The first kappa shape index (κ1) is 12.6. The molecule has 0 spiro atoms. The third-order valence-corrected chi connectivity index (χ3v) is 2.62. The normalized spacial score (nSPS) is 10.4. The lowest BCUT2D eigenvalue weighted by atomic mass is 10.2. The van der Waals surface area contributed by atoms with E-state index < -0.39 is 5.91 Å². The van der Waals surface area contributed by atoms with Crippen LogP contribution in [-0.4, -0.2) is 17.5 Å².